The number of benzene rings is 1. The van der Waals surface area contributed by atoms with Crippen LogP contribution in [-0.2, 0) is 28.2 Å². The first kappa shape index (κ1) is 28.2. The molecule has 1 aromatic carbocycles. The van der Waals surface area contributed by atoms with Gasteiger partial charge in [-0.3, -0.25) is 14.1 Å². The molecule has 0 bridgehead atoms. The molecule has 1 fully saturated rings. The first-order chi connectivity index (χ1) is 16.8. The Morgan fingerprint density at radius 1 is 1.36 bits per heavy atom. The Bertz CT molecular complexity index is 1050. The van der Waals surface area contributed by atoms with Crippen LogP contribution >= 0.6 is 19.3 Å². The van der Waals surface area contributed by atoms with Crippen molar-refractivity contribution in [1.82, 2.24) is 15.3 Å². The van der Waals surface area contributed by atoms with Gasteiger partial charge in [-0.2, -0.15) is 5.09 Å². The summed E-state index contributed by atoms with van der Waals surface area (Å²) in [6.45, 7) is 9.78. The molecule has 3 N–H and O–H groups in total. The van der Waals surface area contributed by atoms with E-state index in [0.717, 1.165) is 0 Å². The number of carbonyl (C=O) groups is 2. The smallest absolute Gasteiger partial charge is 0.459 e. The predicted molar refractivity (Wildman–Crippen MR) is 132 cm³/mol. The molecule has 0 spiro atoms. The maximum atomic E-state index is 13.7. The highest BCUT2D eigenvalue weighted by Crippen LogP contribution is 2.47. The Labute approximate surface area is 214 Å². The Morgan fingerprint density at radius 3 is 2.64 bits per heavy atom. The number of aliphatic hydroxyl groups excluding tert-OH is 1. The average Bonchev–Trinajstić information content (AvgIpc) is 3.01. The fourth-order valence-electron chi connectivity index (χ4n) is 3.56. The molecule has 0 unspecified atom stereocenters. The Morgan fingerprint density at radius 2 is 2.03 bits per heavy atom. The summed E-state index contributed by atoms with van der Waals surface area (Å²) in [6.07, 6.45) is -0.907. The van der Waals surface area contributed by atoms with Crippen molar-refractivity contribution in [3.63, 3.8) is 0 Å². The molecule has 1 saturated heterocycles. The molecule has 0 radical (unpaired) electrons. The minimum absolute atomic E-state index is 0.213. The van der Waals surface area contributed by atoms with Crippen LogP contribution in [0.4, 0.5) is 0 Å². The van der Waals surface area contributed by atoms with Gasteiger partial charge in [0.05, 0.1) is 12.7 Å². The highest BCUT2D eigenvalue weighted by atomic mass is 35.5. The van der Waals surface area contributed by atoms with E-state index in [9.17, 15) is 19.3 Å². The molecule has 198 valence electrons. The third-order valence-electron chi connectivity index (χ3n) is 5.37. The van der Waals surface area contributed by atoms with Gasteiger partial charge >= 0.3 is 13.7 Å². The zero-order valence-electron chi connectivity index (χ0n) is 20.4. The molecule has 13 heteroatoms. The number of nitrogens with one attached hydrogen (secondary N) is 2. The summed E-state index contributed by atoms with van der Waals surface area (Å²) >= 11 is 6.63. The minimum atomic E-state index is -4.17. The van der Waals surface area contributed by atoms with E-state index >= 15 is 0 Å². The lowest BCUT2D eigenvalue weighted by Crippen LogP contribution is -2.50. The molecule has 0 aromatic heterocycles. The molecule has 1 amide bonds. The van der Waals surface area contributed by atoms with Crippen LogP contribution in [-0.4, -0.2) is 63.9 Å². The van der Waals surface area contributed by atoms with E-state index in [1.54, 1.807) is 51.1 Å². The lowest BCUT2D eigenvalue weighted by atomic mass is 10.0. The van der Waals surface area contributed by atoms with Gasteiger partial charge in [0.15, 0.2) is 6.23 Å². The second-order valence-electron chi connectivity index (χ2n) is 8.82. The highest BCUT2D eigenvalue weighted by Gasteiger charge is 2.55. The van der Waals surface area contributed by atoms with Crippen molar-refractivity contribution in [2.24, 2.45) is 0 Å². The van der Waals surface area contributed by atoms with Crippen molar-refractivity contribution in [3.05, 3.63) is 55.0 Å². The van der Waals surface area contributed by atoms with E-state index in [0.29, 0.717) is 0 Å². The first-order valence-electron chi connectivity index (χ1n) is 11.3. The first-order valence-corrected chi connectivity index (χ1v) is 13.2. The van der Waals surface area contributed by atoms with E-state index in [4.69, 9.17) is 30.1 Å². The van der Waals surface area contributed by atoms with Gasteiger partial charge in [-0.1, -0.05) is 24.8 Å². The van der Waals surface area contributed by atoms with Gasteiger partial charge in [-0.15, -0.1) is 11.6 Å². The standard InChI is InChI=1S/C23H31ClN3O8P/c1-14(2)33-21(30)15(3)26-36(31,35-17-9-7-6-8-10-17)32-13-18-20(29)23(5,24)22(34-18)27-12-11-19(28)25-16(27)4/h6-12,14-15,18,20,22,29H,4,13H2,1-3,5H3,(H,25,28)(H,26,31)/t15-,18-,20-,22-,23-,36+/m1/s1. The van der Waals surface area contributed by atoms with Gasteiger partial charge in [-0.25, -0.2) is 4.57 Å². The van der Waals surface area contributed by atoms with Gasteiger partial charge in [0.25, 0.3) is 5.91 Å². The number of aliphatic hydroxyl groups is 1. The van der Waals surface area contributed by atoms with Crippen LogP contribution in [0, 0.1) is 0 Å². The van der Waals surface area contributed by atoms with Crippen LogP contribution in [0.2, 0.25) is 0 Å². The molecule has 0 saturated carbocycles. The number of alkyl halides is 1. The molecular formula is C23H31ClN3O8P. The summed E-state index contributed by atoms with van der Waals surface area (Å²) in [5, 5.41) is 16.0. The van der Waals surface area contributed by atoms with Crippen molar-refractivity contribution in [2.45, 2.75) is 63.2 Å². The topological polar surface area (TPSA) is 136 Å². The quantitative estimate of drug-likeness (QED) is 0.229. The molecule has 3 rings (SSSR count). The summed E-state index contributed by atoms with van der Waals surface area (Å²) in [6, 6.07) is 7.23. The van der Waals surface area contributed by atoms with Crippen molar-refractivity contribution >= 4 is 31.2 Å². The minimum Gasteiger partial charge on any atom is -0.462 e. The maximum Gasteiger partial charge on any atom is 0.459 e. The Balaban J connectivity index is 1.76. The van der Waals surface area contributed by atoms with E-state index < -0.39 is 49.7 Å². The lowest BCUT2D eigenvalue weighted by molar-refractivity contribution is -0.149. The lowest BCUT2D eigenvalue weighted by Gasteiger charge is -2.36. The van der Waals surface area contributed by atoms with Crippen molar-refractivity contribution in [3.8, 4) is 5.75 Å². The Hall–Kier alpha value is -2.40. The molecule has 11 nitrogen and oxygen atoms in total. The number of halogens is 1. The summed E-state index contributed by atoms with van der Waals surface area (Å²) < 4.78 is 36.0. The van der Waals surface area contributed by atoms with Crippen LogP contribution in [0.25, 0.3) is 0 Å². The zero-order valence-corrected chi connectivity index (χ0v) is 22.1. The SMILES string of the molecule is C=C1NC(=O)C=CN1[C@@H]1O[C@H](CO[P@@](=O)(N[C@H](C)C(=O)OC(C)C)Oc2ccccc2)[C@@H](O)[C@@]1(C)Cl. The molecule has 2 heterocycles. The summed E-state index contributed by atoms with van der Waals surface area (Å²) in [5.74, 6) is -0.559. The fourth-order valence-corrected chi connectivity index (χ4v) is 5.36. The monoisotopic (exact) mass is 543 g/mol. The van der Waals surface area contributed by atoms with Gasteiger partial charge in [0, 0.05) is 12.3 Å². The number of esters is 1. The molecular weight excluding hydrogens is 513 g/mol. The fraction of sp³-hybridized carbons (Fsp3) is 0.478. The molecule has 1 aromatic rings. The van der Waals surface area contributed by atoms with Crippen molar-refractivity contribution in [1.29, 1.82) is 0 Å². The van der Waals surface area contributed by atoms with Crippen LogP contribution in [0.15, 0.2) is 55.0 Å². The van der Waals surface area contributed by atoms with E-state index in [1.165, 1.54) is 24.1 Å². The highest BCUT2D eigenvalue weighted by molar-refractivity contribution is 7.52. The third kappa shape index (κ3) is 6.67. The number of rotatable bonds is 10. The number of hydrogen-bond acceptors (Lipinski definition) is 9. The second-order valence-corrected chi connectivity index (χ2v) is 11.3. The number of carbonyl (C=O) groups excluding carboxylic acids is 2. The second kappa shape index (κ2) is 11.3. The largest absolute Gasteiger partial charge is 0.462 e. The Kier molecular flexibility index (Phi) is 8.87. The number of para-hydroxylation sites is 1. The summed E-state index contributed by atoms with van der Waals surface area (Å²) in [4.78, 5) is 24.0. The van der Waals surface area contributed by atoms with Gasteiger partial charge in [-0.05, 0) is 39.8 Å². The molecule has 2 aliphatic rings. The molecule has 0 aliphatic carbocycles. The predicted octanol–water partition coefficient (Wildman–Crippen LogP) is 2.62. The third-order valence-corrected chi connectivity index (χ3v) is 7.42. The van der Waals surface area contributed by atoms with Gasteiger partial charge < -0.3 is 29.3 Å². The zero-order chi connectivity index (χ0) is 26.7. The molecule has 2 aliphatic heterocycles. The number of amides is 1. The van der Waals surface area contributed by atoms with Crippen LogP contribution in [0.5, 0.6) is 5.75 Å². The van der Waals surface area contributed by atoms with Crippen LogP contribution < -0.4 is 14.9 Å². The average molecular weight is 544 g/mol. The van der Waals surface area contributed by atoms with Crippen LogP contribution in [0.1, 0.15) is 27.7 Å². The molecule has 6 atom stereocenters. The van der Waals surface area contributed by atoms with E-state index in [1.807, 2.05) is 0 Å². The van der Waals surface area contributed by atoms with Crippen LogP contribution in [0.3, 0.4) is 0 Å². The van der Waals surface area contributed by atoms with Gasteiger partial charge in [0.2, 0.25) is 0 Å². The van der Waals surface area contributed by atoms with Crippen molar-refractivity contribution < 1.29 is 37.8 Å². The molecule has 36 heavy (non-hydrogen) atoms. The summed E-state index contributed by atoms with van der Waals surface area (Å²) in [5.41, 5.74) is 0. The number of ether oxygens (including phenoxy) is 2. The number of hydrogen-bond donors (Lipinski definition) is 3. The summed E-state index contributed by atoms with van der Waals surface area (Å²) in [7, 11) is -4.17. The maximum absolute atomic E-state index is 13.7. The normalized spacial score (nSPS) is 28.5. The number of nitrogens with zero attached hydrogens (tertiary/aromatic N) is 1. The van der Waals surface area contributed by atoms with E-state index in [-0.39, 0.29) is 23.6 Å². The van der Waals surface area contributed by atoms with E-state index in [2.05, 4.69) is 17.0 Å². The van der Waals surface area contributed by atoms with Gasteiger partial charge in [0.1, 0.15) is 34.7 Å². The van der Waals surface area contributed by atoms with Crippen molar-refractivity contribution in [2.75, 3.05) is 6.61 Å².